The molecule has 0 spiro atoms. The average Bonchev–Trinajstić information content (AvgIpc) is 3.00. The monoisotopic (exact) mass is 359 g/mol. The minimum Gasteiger partial charge on any atom is -0.465 e. The molecule has 136 valence electrons. The molecular weight excluding hydrogens is 334 g/mol. The molecule has 0 radical (unpaired) electrons. The lowest BCUT2D eigenvalue weighted by Gasteiger charge is -2.38. The summed E-state index contributed by atoms with van der Waals surface area (Å²) in [5.74, 6) is -0.316. The van der Waals surface area contributed by atoms with E-state index in [2.05, 4.69) is 9.68 Å². The number of hydrogen-bond donors (Lipinski definition) is 0. The summed E-state index contributed by atoms with van der Waals surface area (Å²) in [4.78, 5) is 14.2. The second-order valence-corrected chi connectivity index (χ2v) is 8.09. The van der Waals surface area contributed by atoms with E-state index in [-0.39, 0.29) is 23.7 Å². The fourth-order valence-corrected chi connectivity index (χ4v) is 4.35. The summed E-state index contributed by atoms with van der Waals surface area (Å²) < 4.78 is 36.1. The smallest absolute Gasteiger partial charge is 0.323 e. The van der Waals surface area contributed by atoms with Gasteiger partial charge in [-0.15, -0.1) is 0 Å². The zero-order valence-corrected chi connectivity index (χ0v) is 15.2. The quantitative estimate of drug-likeness (QED) is 0.662. The van der Waals surface area contributed by atoms with Crippen molar-refractivity contribution in [2.45, 2.75) is 32.6 Å². The molecule has 1 fully saturated rings. The molecule has 2 heterocycles. The number of ether oxygens (including phenoxy) is 1. The average molecular weight is 359 g/mol. The van der Waals surface area contributed by atoms with Gasteiger partial charge >= 0.3 is 5.97 Å². The van der Waals surface area contributed by atoms with Crippen LogP contribution in [-0.2, 0) is 25.3 Å². The van der Waals surface area contributed by atoms with Gasteiger partial charge in [0, 0.05) is 32.2 Å². The van der Waals surface area contributed by atoms with Gasteiger partial charge in [-0.05, 0) is 12.8 Å². The Morgan fingerprint density at radius 2 is 2.00 bits per heavy atom. The van der Waals surface area contributed by atoms with E-state index in [1.807, 2.05) is 18.7 Å². The summed E-state index contributed by atoms with van der Waals surface area (Å²) in [7, 11) is -3.44. The largest absolute Gasteiger partial charge is 0.465 e. The summed E-state index contributed by atoms with van der Waals surface area (Å²) in [6, 6.07) is 1.20. The van der Waals surface area contributed by atoms with Crippen molar-refractivity contribution in [3.05, 3.63) is 18.0 Å². The molecule has 8 nitrogen and oxygen atoms in total. The predicted molar refractivity (Wildman–Crippen MR) is 87.5 cm³/mol. The number of sulfonamides is 1. The molecule has 1 aliphatic heterocycles. The second kappa shape index (κ2) is 8.09. The van der Waals surface area contributed by atoms with Crippen molar-refractivity contribution in [1.82, 2.24) is 14.4 Å². The summed E-state index contributed by atoms with van der Waals surface area (Å²) in [6.07, 6.45) is 1.36. The van der Waals surface area contributed by atoms with Crippen LogP contribution in [0.3, 0.4) is 0 Å². The molecule has 0 aromatic carbocycles. The topological polar surface area (TPSA) is 93.0 Å². The Bertz CT molecular complexity index is 622. The second-order valence-electron chi connectivity index (χ2n) is 6.12. The number of piperazine rings is 1. The lowest BCUT2D eigenvalue weighted by Crippen LogP contribution is -2.55. The summed E-state index contributed by atoms with van der Waals surface area (Å²) in [5, 5.41) is 3.65. The minimum absolute atomic E-state index is 0.0994. The predicted octanol–water partition coefficient (Wildman–Crippen LogP) is 0.710. The number of carbonyl (C=O) groups is 1. The Kier molecular flexibility index (Phi) is 6.36. The molecule has 1 aromatic heterocycles. The van der Waals surface area contributed by atoms with Crippen LogP contribution in [0.15, 0.2) is 16.9 Å². The number of esters is 1. The van der Waals surface area contributed by atoms with Crippen LogP contribution in [0.1, 0.15) is 26.5 Å². The first-order chi connectivity index (χ1) is 11.3. The highest BCUT2D eigenvalue weighted by Crippen LogP contribution is 2.18. The van der Waals surface area contributed by atoms with E-state index in [0.29, 0.717) is 38.5 Å². The van der Waals surface area contributed by atoms with E-state index in [1.165, 1.54) is 10.6 Å². The molecule has 1 atom stereocenters. The Morgan fingerprint density at radius 1 is 1.33 bits per heavy atom. The van der Waals surface area contributed by atoms with Gasteiger partial charge in [0.1, 0.15) is 18.1 Å². The Balaban J connectivity index is 1.97. The first kappa shape index (κ1) is 18.9. The fourth-order valence-electron chi connectivity index (χ4n) is 2.92. The third-order valence-electron chi connectivity index (χ3n) is 4.04. The van der Waals surface area contributed by atoms with E-state index in [9.17, 15) is 13.2 Å². The van der Waals surface area contributed by atoms with E-state index < -0.39 is 10.0 Å². The van der Waals surface area contributed by atoms with Crippen LogP contribution in [-0.4, -0.2) is 67.6 Å². The van der Waals surface area contributed by atoms with Crippen molar-refractivity contribution in [1.29, 1.82) is 0 Å². The summed E-state index contributed by atoms with van der Waals surface area (Å²) >= 11 is 0. The molecule has 0 N–H and O–H groups in total. The number of nitrogens with zero attached hydrogens (tertiary/aromatic N) is 3. The van der Waals surface area contributed by atoms with Gasteiger partial charge in [-0.3, -0.25) is 9.69 Å². The van der Waals surface area contributed by atoms with Crippen molar-refractivity contribution >= 4 is 16.0 Å². The molecule has 2 rings (SSSR count). The van der Waals surface area contributed by atoms with E-state index >= 15 is 0 Å². The maximum Gasteiger partial charge on any atom is 0.323 e. The molecule has 0 amide bonds. The van der Waals surface area contributed by atoms with Gasteiger partial charge < -0.3 is 9.26 Å². The highest BCUT2D eigenvalue weighted by atomic mass is 32.2. The van der Waals surface area contributed by atoms with Crippen LogP contribution >= 0.6 is 0 Å². The van der Waals surface area contributed by atoms with Gasteiger partial charge in [0.15, 0.2) is 0 Å². The summed E-state index contributed by atoms with van der Waals surface area (Å²) in [6.45, 7) is 7.76. The summed E-state index contributed by atoms with van der Waals surface area (Å²) in [5.41, 5.74) is 0.393. The number of rotatable bonds is 7. The van der Waals surface area contributed by atoms with Crippen LogP contribution in [0.2, 0.25) is 0 Å². The third kappa shape index (κ3) is 4.55. The molecule has 0 saturated carbocycles. The number of hydrogen-bond acceptors (Lipinski definition) is 7. The van der Waals surface area contributed by atoms with Gasteiger partial charge in [-0.25, -0.2) is 8.42 Å². The third-order valence-corrected chi connectivity index (χ3v) is 5.85. The molecule has 1 saturated heterocycles. The molecule has 0 bridgehead atoms. The molecule has 1 aromatic rings. The van der Waals surface area contributed by atoms with Crippen molar-refractivity contribution in [3.63, 3.8) is 0 Å². The molecule has 1 aliphatic rings. The maximum atomic E-state index is 12.4. The number of aromatic nitrogens is 1. The first-order valence-corrected chi connectivity index (χ1v) is 9.74. The molecule has 1 unspecified atom stereocenters. The number of carbonyl (C=O) groups excluding carboxylic acids is 1. The Labute approximate surface area is 142 Å². The van der Waals surface area contributed by atoms with Crippen molar-refractivity contribution in [2.24, 2.45) is 5.92 Å². The van der Waals surface area contributed by atoms with Crippen LogP contribution in [0.25, 0.3) is 0 Å². The van der Waals surface area contributed by atoms with Crippen LogP contribution in [0.5, 0.6) is 0 Å². The lowest BCUT2D eigenvalue weighted by molar-refractivity contribution is -0.152. The first-order valence-electron chi connectivity index (χ1n) is 8.13. The van der Waals surface area contributed by atoms with E-state index in [4.69, 9.17) is 4.74 Å². The maximum absolute atomic E-state index is 12.4. The van der Waals surface area contributed by atoms with Gasteiger partial charge in [-0.2, -0.15) is 4.31 Å². The highest BCUT2D eigenvalue weighted by molar-refractivity contribution is 7.88. The zero-order chi connectivity index (χ0) is 17.7. The van der Waals surface area contributed by atoms with E-state index in [1.54, 1.807) is 13.0 Å². The molecule has 0 aliphatic carbocycles. The molecule has 9 heteroatoms. The molecule has 24 heavy (non-hydrogen) atoms. The minimum atomic E-state index is -3.44. The van der Waals surface area contributed by atoms with Crippen molar-refractivity contribution in [3.8, 4) is 0 Å². The van der Waals surface area contributed by atoms with E-state index in [0.717, 1.165) is 0 Å². The van der Waals surface area contributed by atoms with Crippen LogP contribution in [0.4, 0.5) is 0 Å². The van der Waals surface area contributed by atoms with Gasteiger partial charge in [-0.1, -0.05) is 19.0 Å². The fraction of sp³-hybridized carbons (Fsp3) is 0.733. The van der Waals surface area contributed by atoms with Crippen LogP contribution < -0.4 is 0 Å². The highest BCUT2D eigenvalue weighted by Gasteiger charge is 2.35. The SMILES string of the molecule is CCOC(=O)C(C(C)C)N1CCN(S(=O)(=O)Cc2ccon2)CC1. The van der Waals surface area contributed by atoms with Gasteiger partial charge in [0.25, 0.3) is 0 Å². The standard InChI is InChI=1S/C15H25N3O5S/c1-4-22-15(19)14(12(2)3)17-6-8-18(9-7-17)24(20,21)11-13-5-10-23-16-13/h5,10,12,14H,4,6-9,11H2,1-3H3. The van der Waals surface area contributed by atoms with Crippen molar-refractivity contribution in [2.75, 3.05) is 32.8 Å². The van der Waals surface area contributed by atoms with Crippen LogP contribution in [0, 0.1) is 5.92 Å². The Morgan fingerprint density at radius 3 is 2.50 bits per heavy atom. The lowest BCUT2D eigenvalue weighted by atomic mass is 10.0. The normalized spacial score (nSPS) is 18.7. The Hall–Kier alpha value is -1.45. The van der Waals surface area contributed by atoms with Gasteiger partial charge in [0.2, 0.25) is 10.0 Å². The zero-order valence-electron chi connectivity index (χ0n) is 14.3. The molecular formula is C15H25N3O5S. The van der Waals surface area contributed by atoms with Gasteiger partial charge in [0.05, 0.1) is 12.3 Å². The van der Waals surface area contributed by atoms with Crippen molar-refractivity contribution < 1.29 is 22.5 Å².